The van der Waals surface area contributed by atoms with E-state index in [4.69, 9.17) is 0 Å². The molecule has 0 spiro atoms. The van der Waals surface area contributed by atoms with Gasteiger partial charge in [-0.2, -0.15) is 0 Å². The Balaban J connectivity index is 1.85. The molecule has 0 saturated carbocycles. The Bertz CT molecular complexity index is 161. The first kappa shape index (κ1) is 8.23. The molecule has 0 unspecified atom stereocenters. The summed E-state index contributed by atoms with van der Waals surface area (Å²) in [5.74, 6) is 0. The first-order valence-corrected chi connectivity index (χ1v) is 4.72. The van der Waals surface area contributed by atoms with E-state index in [0.717, 1.165) is 45.7 Å². The summed E-state index contributed by atoms with van der Waals surface area (Å²) in [6.07, 6.45) is 6.48. The lowest BCUT2D eigenvalue weighted by molar-refractivity contribution is -0.0264. The van der Waals surface area contributed by atoms with Crippen molar-refractivity contribution in [3.05, 3.63) is 12.2 Å². The van der Waals surface area contributed by atoms with Gasteiger partial charge in [0.1, 0.15) is 0 Å². The van der Waals surface area contributed by atoms with Crippen LogP contribution < -0.4 is 5.32 Å². The predicted molar refractivity (Wildman–Crippen MR) is 48.4 cm³/mol. The standard InChI is InChI=1S/C9H16N3/c1-2-6-11(7-3-1)12-8-4-10-5-9-12/h2,10H,3-9H2. The van der Waals surface area contributed by atoms with E-state index in [1.165, 1.54) is 0 Å². The molecular weight excluding hydrogens is 150 g/mol. The van der Waals surface area contributed by atoms with E-state index in [-0.39, 0.29) is 0 Å². The number of hydrogen-bond acceptors (Lipinski definition) is 3. The average Bonchev–Trinajstić information content (AvgIpc) is 2.21. The second-order valence-corrected chi connectivity index (χ2v) is 3.27. The van der Waals surface area contributed by atoms with Crippen LogP contribution in [0.1, 0.15) is 6.42 Å². The topological polar surface area (TPSA) is 18.5 Å². The molecule has 1 saturated heterocycles. The van der Waals surface area contributed by atoms with Crippen LogP contribution >= 0.6 is 0 Å². The maximum atomic E-state index is 3.36. The summed E-state index contributed by atoms with van der Waals surface area (Å²) < 4.78 is 0. The lowest BCUT2D eigenvalue weighted by Gasteiger charge is -2.38. The summed E-state index contributed by atoms with van der Waals surface area (Å²) in [5, 5.41) is 8.24. The van der Waals surface area contributed by atoms with E-state index >= 15 is 0 Å². The summed E-state index contributed by atoms with van der Waals surface area (Å²) in [6.45, 7) is 6.78. The summed E-state index contributed by atoms with van der Waals surface area (Å²) >= 11 is 0. The lowest BCUT2D eigenvalue weighted by Crippen LogP contribution is -2.53. The Hall–Kier alpha value is -0.380. The Labute approximate surface area is 74.0 Å². The van der Waals surface area contributed by atoms with Gasteiger partial charge in [-0.05, 0) is 12.5 Å². The van der Waals surface area contributed by atoms with Gasteiger partial charge < -0.3 is 5.32 Å². The third-order valence-electron chi connectivity index (χ3n) is 2.45. The van der Waals surface area contributed by atoms with E-state index in [0.29, 0.717) is 0 Å². The van der Waals surface area contributed by atoms with Crippen molar-refractivity contribution in [1.82, 2.24) is 15.3 Å². The van der Waals surface area contributed by atoms with Crippen LogP contribution in [0.3, 0.4) is 0 Å². The van der Waals surface area contributed by atoms with Crippen molar-refractivity contribution in [3.63, 3.8) is 0 Å². The molecule has 2 heterocycles. The molecule has 1 N–H and O–H groups in total. The van der Waals surface area contributed by atoms with Gasteiger partial charge in [-0.15, -0.1) is 0 Å². The van der Waals surface area contributed by atoms with E-state index in [9.17, 15) is 0 Å². The predicted octanol–water partition coefficient (Wildman–Crippen LogP) is -0.128. The van der Waals surface area contributed by atoms with Gasteiger partial charge in [-0.1, -0.05) is 6.08 Å². The van der Waals surface area contributed by atoms with Crippen LogP contribution in [0, 0.1) is 6.08 Å². The highest BCUT2D eigenvalue weighted by Crippen LogP contribution is 2.05. The van der Waals surface area contributed by atoms with Crippen molar-refractivity contribution in [2.24, 2.45) is 0 Å². The van der Waals surface area contributed by atoms with E-state index in [1.54, 1.807) is 0 Å². The molecular formula is C9H16N3. The number of piperazine rings is 1. The highest BCUT2D eigenvalue weighted by atomic mass is 15.6. The van der Waals surface area contributed by atoms with Crippen LogP contribution in [0.2, 0.25) is 0 Å². The second kappa shape index (κ2) is 4.03. The molecule has 0 bridgehead atoms. The third kappa shape index (κ3) is 1.86. The highest BCUT2D eigenvalue weighted by molar-refractivity contribution is 4.84. The van der Waals surface area contributed by atoms with E-state index in [1.807, 2.05) is 0 Å². The van der Waals surface area contributed by atoms with Crippen molar-refractivity contribution < 1.29 is 0 Å². The van der Waals surface area contributed by atoms with Crippen molar-refractivity contribution in [1.29, 1.82) is 0 Å². The van der Waals surface area contributed by atoms with Gasteiger partial charge in [-0.25, -0.2) is 10.0 Å². The van der Waals surface area contributed by atoms with Crippen LogP contribution in [-0.4, -0.2) is 49.3 Å². The SMILES string of the molecule is [C]1=CCN(N2CCNCC2)CC1. The summed E-state index contributed by atoms with van der Waals surface area (Å²) in [5.41, 5.74) is 0. The molecule has 2 aliphatic rings. The number of hydrazine groups is 1. The summed E-state index contributed by atoms with van der Waals surface area (Å²) in [6, 6.07) is 0. The first-order valence-electron chi connectivity index (χ1n) is 4.72. The smallest absolute Gasteiger partial charge is 0.0320 e. The van der Waals surface area contributed by atoms with Crippen LogP contribution in [0.25, 0.3) is 0 Å². The summed E-state index contributed by atoms with van der Waals surface area (Å²) in [4.78, 5) is 0. The van der Waals surface area contributed by atoms with Gasteiger partial charge in [0.05, 0.1) is 0 Å². The zero-order valence-electron chi connectivity index (χ0n) is 7.42. The molecule has 0 aliphatic carbocycles. The lowest BCUT2D eigenvalue weighted by atomic mass is 10.3. The monoisotopic (exact) mass is 166 g/mol. The summed E-state index contributed by atoms with van der Waals surface area (Å²) in [7, 11) is 0. The maximum absolute atomic E-state index is 3.36. The zero-order chi connectivity index (χ0) is 8.23. The molecule has 12 heavy (non-hydrogen) atoms. The molecule has 2 aliphatic heterocycles. The van der Waals surface area contributed by atoms with Gasteiger partial charge in [0.15, 0.2) is 0 Å². The minimum atomic E-state index is 1.06. The van der Waals surface area contributed by atoms with Gasteiger partial charge in [0.25, 0.3) is 0 Å². The van der Waals surface area contributed by atoms with Gasteiger partial charge in [0.2, 0.25) is 0 Å². The highest BCUT2D eigenvalue weighted by Gasteiger charge is 2.17. The molecule has 0 atom stereocenters. The van der Waals surface area contributed by atoms with Gasteiger partial charge >= 0.3 is 0 Å². The van der Waals surface area contributed by atoms with Crippen LogP contribution in [-0.2, 0) is 0 Å². The Morgan fingerprint density at radius 3 is 2.58 bits per heavy atom. The van der Waals surface area contributed by atoms with E-state index in [2.05, 4.69) is 27.5 Å². The van der Waals surface area contributed by atoms with Crippen molar-refractivity contribution in [3.8, 4) is 0 Å². The molecule has 1 radical (unpaired) electrons. The molecule has 67 valence electrons. The second-order valence-electron chi connectivity index (χ2n) is 3.27. The Morgan fingerprint density at radius 2 is 1.92 bits per heavy atom. The van der Waals surface area contributed by atoms with Gasteiger partial charge in [-0.3, -0.25) is 0 Å². The minimum absolute atomic E-state index is 1.06. The number of nitrogens with one attached hydrogen (secondary N) is 1. The quantitative estimate of drug-likeness (QED) is 0.585. The molecule has 3 heteroatoms. The average molecular weight is 166 g/mol. The number of hydrogen-bond donors (Lipinski definition) is 1. The molecule has 0 aromatic rings. The zero-order valence-corrected chi connectivity index (χ0v) is 7.42. The van der Waals surface area contributed by atoms with Crippen molar-refractivity contribution >= 4 is 0 Å². The van der Waals surface area contributed by atoms with Crippen molar-refractivity contribution in [2.75, 3.05) is 39.3 Å². The molecule has 0 aromatic heterocycles. The Kier molecular flexibility index (Phi) is 2.76. The fraction of sp³-hybridized carbons (Fsp3) is 0.778. The molecule has 3 nitrogen and oxygen atoms in total. The Morgan fingerprint density at radius 1 is 1.08 bits per heavy atom. The van der Waals surface area contributed by atoms with Crippen LogP contribution in [0.15, 0.2) is 6.08 Å². The third-order valence-corrected chi connectivity index (χ3v) is 2.45. The van der Waals surface area contributed by atoms with Crippen molar-refractivity contribution in [2.45, 2.75) is 6.42 Å². The fourth-order valence-corrected chi connectivity index (χ4v) is 1.75. The maximum Gasteiger partial charge on any atom is 0.0320 e. The van der Waals surface area contributed by atoms with Crippen LogP contribution in [0.4, 0.5) is 0 Å². The fourth-order valence-electron chi connectivity index (χ4n) is 1.75. The molecule has 2 rings (SSSR count). The van der Waals surface area contributed by atoms with Crippen LogP contribution in [0.5, 0.6) is 0 Å². The largest absolute Gasteiger partial charge is 0.314 e. The normalized spacial score (nSPS) is 27.7. The minimum Gasteiger partial charge on any atom is -0.314 e. The number of rotatable bonds is 1. The molecule has 0 amide bonds. The van der Waals surface area contributed by atoms with E-state index < -0.39 is 0 Å². The first-order chi connectivity index (χ1) is 5.97. The number of nitrogens with zero attached hydrogens (tertiary/aromatic N) is 2. The molecule has 1 fully saturated rings. The molecule has 0 aromatic carbocycles. The van der Waals surface area contributed by atoms with Gasteiger partial charge in [0, 0.05) is 39.3 Å².